The third kappa shape index (κ3) is 3.01. The maximum absolute atomic E-state index is 11.6. The normalized spacial score (nSPS) is 12.9. The first kappa shape index (κ1) is 11.1. The fourth-order valence-corrected chi connectivity index (χ4v) is 2.62. The van der Waals surface area contributed by atoms with Gasteiger partial charge in [-0.25, -0.2) is 0 Å². The van der Waals surface area contributed by atoms with Gasteiger partial charge in [-0.3, -0.25) is 0 Å². The van der Waals surface area contributed by atoms with Crippen LogP contribution in [0.2, 0.25) is 0 Å². The SMILES string of the molecule is CCC[S+]([O-])c1ccc(C)c(Br)c1. The first-order valence-electron chi connectivity index (χ1n) is 4.29. The highest BCUT2D eigenvalue weighted by Crippen LogP contribution is 2.21. The molecule has 0 N–H and O–H groups in total. The minimum Gasteiger partial charge on any atom is -0.611 e. The Bertz CT molecular complexity index is 288. The average Bonchev–Trinajstić information content (AvgIpc) is 2.10. The molecule has 0 aliphatic heterocycles. The predicted octanol–water partition coefficient (Wildman–Crippen LogP) is 3.28. The van der Waals surface area contributed by atoms with Crippen LogP contribution in [0, 0.1) is 6.92 Å². The van der Waals surface area contributed by atoms with Crippen molar-refractivity contribution in [3.05, 3.63) is 28.2 Å². The number of halogens is 1. The molecular formula is C10H13BrOS. The lowest BCUT2D eigenvalue weighted by Gasteiger charge is -2.09. The number of hydrogen-bond donors (Lipinski definition) is 0. The topological polar surface area (TPSA) is 23.1 Å². The molecule has 0 amide bonds. The monoisotopic (exact) mass is 260 g/mol. The van der Waals surface area contributed by atoms with E-state index in [-0.39, 0.29) is 0 Å². The zero-order valence-corrected chi connectivity index (χ0v) is 10.2. The van der Waals surface area contributed by atoms with Gasteiger partial charge in [0.2, 0.25) is 0 Å². The highest BCUT2D eigenvalue weighted by molar-refractivity contribution is 9.10. The minimum absolute atomic E-state index is 0.746. The second-order valence-corrected chi connectivity index (χ2v) is 5.39. The Kier molecular flexibility index (Phi) is 4.29. The van der Waals surface area contributed by atoms with E-state index in [0.29, 0.717) is 0 Å². The summed E-state index contributed by atoms with van der Waals surface area (Å²) in [5.41, 5.74) is 1.18. The largest absolute Gasteiger partial charge is 0.611 e. The van der Waals surface area contributed by atoms with Gasteiger partial charge in [-0.15, -0.1) is 0 Å². The molecule has 0 bridgehead atoms. The Morgan fingerprint density at radius 1 is 1.46 bits per heavy atom. The molecule has 0 aliphatic carbocycles. The Hall–Kier alpha value is 0.01000. The summed E-state index contributed by atoms with van der Waals surface area (Å²) in [5.74, 6) is 0.746. The molecule has 13 heavy (non-hydrogen) atoms. The number of rotatable bonds is 3. The van der Waals surface area contributed by atoms with Crippen molar-refractivity contribution < 1.29 is 4.55 Å². The second-order valence-electron chi connectivity index (χ2n) is 2.96. The fraction of sp³-hybridized carbons (Fsp3) is 0.400. The van der Waals surface area contributed by atoms with Gasteiger partial charge in [-0.2, -0.15) is 0 Å². The summed E-state index contributed by atoms with van der Waals surface area (Å²) in [6, 6.07) is 5.87. The van der Waals surface area contributed by atoms with Crippen LogP contribution in [0.25, 0.3) is 0 Å². The van der Waals surface area contributed by atoms with E-state index < -0.39 is 11.2 Å². The lowest BCUT2D eigenvalue weighted by Crippen LogP contribution is -2.05. The van der Waals surface area contributed by atoms with E-state index in [0.717, 1.165) is 21.5 Å². The molecule has 1 nitrogen and oxygen atoms in total. The molecule has 3 heteroatoms. The van der Waals surface area contributed by atoms with Crippen LogP contribution in [0.4, 0.5) is 0 Å². The molecule has 1 aromatic rings. The highest BCUT2D eigenvalue weighted by Gasteiger charge is 2.09. The number of benzene rings is 1. The molecule has 1 aromatic carbocycles. The van der Waals surface area contributed by atoms with Crippen molar-refractivity contribution in [3.8, 4) is 0 Å². The molecule has 0 saturated carbocycles. The zero-order valence-electron chi connectivity index (χ0n) is 7.84. The van der Waals surface area contributed by atoms with Crippen LogP contribution >= 0.6 is 15.9 Å². The molecule has 0 spiro atoms. The van der Waals surface area contributed by atoms with E-state index in [1.807, 2.05) is 32.0 Å². The van der Waals surface area contributed by atoms with Crippen LogP contribution in [-0.4, -0.2) is 10.3 Å². The fourth-order valence-electron chi connectivity index (χ4n) is 1.02. The first-order chi connectivity index (χ1) is 6.15. The van der Waals surface area contributed by atoms with Crippen molar-refractivity contribution in [1.29, 1.82) is 0 Å². The summed E-state index contributed by atoms with van der Waals surface area (Å²) >= 11 is 2.60. The van der Waals surface area contributed by atoms with Crippen molar-refractivity contribution >= 4 is 27.1 Å². The van der Waals surface area contributed by atoms with E-state index in [1.165, 1.54) is 5.56 Å². The molecule has 0 radical (unpaired) electrons. The van der Waals surface area contributed by atoms with Crippen molar-refractivity contribution in [2.75, 3.05) is 5.75 Å². The van der Waals surface area contributed by atoms with E-state index in [2.05, 4.69) is 15.9 Å². The van der Waals surface area contributed by atoms with Gasteiger partial charge in [0.25, 0.3) is 0 Å². The molecule has 0 aliphatic rings. The highest BCUT2D eigenvalue weighted by atomic mass is 79.9. The van der Waals surface area contributed by atoms with Gasteiger partial charge in [0.05, 0.1) is 0 Å². The summed E-state index contributed by atoms with van der Waals surface area (Å²) in [6.45, 7) is 4.07. The van der Waals surface area contributed by atoms with Crippen LogP contribution in [0.5, 0.6) is 0 Å². The average molecular weight is 261 g/mol. The van der Waals surface area contributed by atoms with E-state index in [4.69, 9.17) is 0 Å². The summed E-state index contributed by atoms with van der Waals surface area (Å²) < 4.78 is 12.6. The Balaban J connectivity index is 2.84. The predicted molar refractivity (Wildman–Crippen MR) is 60.4 cm³/mol. The lowest BCUT2D eigenvalue weighted by molar-refractivity contribution is 0.593. The van der Waals surface area contributed by atoms with E-state index in [9.17, 15) is 4.55 Å². The van der Waals surface area contributed by atoms with Crippen LogP contribution in [0.3, 0.4) is 0 Å². The molecule has 72 valence electrons. The van der Waals surface area contributed by atoms with Gasteiger partial charge >= 0.3 is 0 Å². The second kappa shape index (κ2) is 5.03. The van der Waals surface area contributed by atoms with Crippen LogP contribution in [0.15, 0.2) is 27.6 Å². The smallest absolute Gasteiger partial charge is 0.153 e. The zero-order chi connectivity index (χ0) is 9.84. The van der Waals surface area contributed by atoms with Gasteiger partial charge in [-0.05, 0) is 36.2 Å². The molecule has 1 unspecified atom stereocenters. The summed E-state index contributed by atoms with van der Waals surface area (Å²) in [5, 5.41) is 0. The molecule has 1 atom stereocenters. The molecule has 0 fully saturated rings. The third-order valence-corrected chi connectivity index (χ3v) is 4.21. The van der Waals surface area contributed by atoms with Gasteiger partial charge in [0, 0.05) is 10.5 Å². The van der Waals surface area contributed by atoms with Crippen molar-refractivity contribution in [1.82, 2.24) is 0 Å². The van der Waals surface area contributed by atoms with Crippen molar-refractivity contribution in [2.45, 2.75) is 25.2 Å². The van der Waals surface area contributed by atoms with Gasteiger partial charge in [0.15, 0.2) is 4.90 Å². The minimum atomic E-state index is -0.832. The summed E-state index contributed by atoms with van der Waals surface area (Å²) in [4.78, 5) is 0.916. The molecule has 1 rings (SSSR count). The third-order valence-electron chi connectivity index (χ3n) is 1.80. The van der Waals surface area contributed by atoms with Crippen LogP contribution in [-0.2, 0) is 11.2 Å². The molecule has 0 heterocycles. The van der Waals surface area contributed by atoms with Crippen molar-refractivity contribution in [2.24, 2.45) is 0 Å². The maximum atomic E-state index is 11.6. The molecule has 0 saturated heterocycles. The van der Waals surface area contributed by atoms with Crippen LogP contribution < -0.4 is 0 Å². The molecule has 0 aromatic heterocycles. The Morgan fingerprint density at radius 2 is 2.15 bits per heavy atom. The van der Waals surface area contributed by atoms with Crippen molar-refractivity contribution in [3.63, 3.8) is 0 Å². The standard InChI is InChI=1S/C10H13BrOS/c1-3-6-13(12)9-5-4-8(2)10(11)7-9/h4-5,7H,3,6H2,1-2H3. The number of hydrogen-bond acceptors (Lipinski definition) is 1. The van der Waals surface area contributed by atoms with Gasteiger partial charge < -0.3 is 4.55 Å². The first-order valence-corrected chi connectivity index (χ1v) is 6.41. The summed E-state index contributed by atoms with van der Waals surface area (Å²) in [6.07, 6.45) is 0.956. The quantitative estimate of drug-likeness (QED) is 0.766. The molecular weight excluding hydrogens is 248 g/mol. The van der Waals surface area contributed by atoms with E-state index >= 15 is 0 Å². The van der Waals surface area contributed by atoms with E-state index in [1.54, 1.807) is 0 Å². The summed E-state index contributed by atoms with van der Waals surface area (Å²) in [7, 11) is 0. The number of aryl methyl sites for hydroxylation is 1. The lowest BCUT2D eigenvalue weighted by atomic mass is 10.2. The van der Waals surface area contributed by atoms with Gasteiger partial charge in [-0.1, -0.05) is 28.9 Å². The Morgan fingerprint density at radius 3 is 2.69 bits per heavy atom. The van der Waals surface area contributed by atoms with Crippen LogP contribution in [0.1, 0.15) is 18.9 Å². The maximum Gasteiger partial charge on any atom is 0.153 e. The van der Waals surface area contributed by atoms with Gasteiger partial charge in [0.1, 0.15) is 5.75 Å². The Labute approximate surface area is 90.9 Å².